The van der Waals surface area contributed by atoms with E-state index in [1.165, 1.54) is 0 Å². The highest BCUT2D eigenvalue weighted by atomic mass is 15.2. The maximum Gasteiger partial charge on any atom is 0.119 e. The Morgan fingerprint density at radius 3 is 2.33 bits per heavy atom. The fourth-order valence-electron chi connectivity index (χ4n) is 2.32. The lowest BCUT2D eigenvalue weighted by Crippen LogP contribution is -2.52. The van der Waals surface area contributed by atoms with E-state index < -0.39 is 5.54 Å². The van der Waals surface area contributed by atoms with Crippen molar-refractivity contribution < 1.29 is 0 Å². The summed E-state index contributed by atoms with van der Waals surface area (Å²) in [5.41, 5.74) is 5.63. The molecule has 1 fully saturated rings. The largest absolute Gasteiger partial charge is 0.312 e. The SMILES string of the molecule is CC(C)CN(CCN(C)C)CC(N)(C#N)C1CC1. The number of nitrogens with two attached hydrogens (primary N) is 1. The lowest BCUT2D eigenvalue weighted by Gasteiger charge is -2.32. The Morgan fingerprint density at radius 2 is 1.94 bits per heavy atom. The molecule has 0 aliphatic heterocycles. The number of nitrogens with zero attached hydrogens (tertiary/aromatic N) is 3. The Bertz CT molecular complexity index is 291. The lowest BCUT2D eigenvalue weighted by molar-refractivity contribution is 0.184. The summed E-state index contributed by atoms with van der Waals surface area (Å²) in [6.07, 6.45) is 2.24. The van der Waals surface area contributed by atoms with Crippen molar-refractivity contribution in [1.29, 1.82) is 5.26 Å². The Morgan fingerprint density at radius 1 is 1.33 bits per heavy atom. The molecule has 0 spiro atoms. The molecule has 0 aromatic carbocycles. The minimum Gasteiger partial charge on any atom is -0.312 e. The lowest BCUT2D eigenvalue weighted by atomic mass is 9.95. The Kier molecular flexibility index (Phi) is 5.58. The first-order chi connectivity index (χ1) is 8.37. The van der Waals surface area contributed by atoms with Crippen LogP contribution >= 0.6 is 0 Å². The van der Waals surface area contributed by atoms with Crippen molar-refractivity contribution in [2.24, 2.45) is 17.6 Å². The van der Waals surface area contributed by atoms with Crippen LogP contribution in [0.5, 0.6) is 0 Å². The minimum absolute atomic E-state index is 0.413. The predicted molar refractivity (Wildman–Crippen MR) is 75.1 cm³/mol. The van der Waals surface area contributed by atoms with Gasteiger partial charge in [-0.15, -0.1) is 0 Å². The van der Waals surface area contributed by atoms with Crippen molar-refractivity contribution in [3.63, 3.8) is 0 Å². The summed E-state index contributed by atoms with van der Waals surface area (Å²) in [5.74, 6) is 1.02. The number of hydrogen-bond acceptors (Lipinski definition) is 4. The van der Waals surface area contributed by atoms with Crippen LogP contribution in [-0.2, 0) is 0 Å². The fourth-order valence-corrected chi connectivity index (χ4v) is 2.32. The second-order valence-electron chi connectivity index (χ2n) is 6.36. The summed E-state index contributed by atoms with van der Waals surface area (Å²) < 4.78 is 0. The van der Waals surface area contributed by atoms with Crippen LogP contribution in [-0.4, -0.2) is 55.6 Å². The van der Waals surface area contributed by atoms with Gasteiger partial charge in [-0.05, 0) is 38.8 Å². The summed E-state index contributed by atoms with van der Waals surface area (Å²) in [6.45, 7) is 8.15. The molecule has 0 radical (unpaired) electrons. The molecule has 0 bridgehead atoms. The van der Waals surface area contributed by atoms with Gasteiger partial charge in [-0.3, -0.25) is 4.90 Å². The number of rotatable bonds is 8. The smallest absolute Gasteiger partial charge is 0.119 e. The molecule has 1 rings (SSSR count). The average Bonchev–Trinajstić information content (AvgIpc) is 3.08. The van der Waals surface area contributed by atoms with Crippen LogP contribution in [0.3, 0.4) is 0 Å². The van der Waals surface area contributed by atoms with Gasteiger partial charge in [-0.1, -0.05) is 13.8 Å². The molecule has 104 valence electrons. The van der Waals surface area contributed by atoms with Crippen LogP contribution in [0.4, 0.5) is 0 Å². The molecule has 0 aromatic rings. The molecule has 0 amide bonds. The van der Waals surface area contributed by atoms with E-state index in [9.17, 15) is 5.26 Å². The first-order valence-corrected chi connectivity index (χ1v) is 6.94. The van der Waals surface area contributed by atoms with Gasteiger partial charge in [-0.25, -0.2) is 0 Å². The van der Waals surface area contributed by atoms with Gasteiger partial charge in [0.1, 0.15) is 5.54 Å². The molecular weight excluding hydrogens is 224 g/mol. The number of likely N-dealkylation sites (N-methyl/N-ethyl adjacent to an activating group) is 1. The number of hydrogen-bond donors (Lipinski definition) is 1. The molecule has 1 atom stereocenters. The van der Waals surface area contributed by atoms with Crippen molar-refractivity contribution in [2.75, 3.05) is 40.3 Å². The van der Waals surface area contributed by atoms with Crippen molar-refractivity contribution in [3.05, 3.63) is 0 Å². The van der Waals surface area contributed by atoms with Gasteiger partial charge in [0, 0.05) is 26.2 Å². The molecule has 1 saturated carbocycles. The third kappa shape index (κ3) is 4.93. The highest BCUT2D eigenvalue weighted by Crippen LogP contribution is 2.38. The Hall–Kier alpha value is -0.630. The van der Waals surface area contributed by atoms with E-state index >= 15 is 0 Å². The zero-order valence-corrected chi connectivity index (χ0v) is 12.3. The molecule has 0 saturated heterocycles. The summed E-state index contributed by atoms with van der Waals surface area (Å²) in [5, 5.41) is 9.34. The van der Waals surface area contributed by atoms with Crippen LogP contribution in [0, 0.1) is 23.2 Å². The van der Waals surface area contributed by atoms with Crippen molar-refractivity contribution in [1.82, 2.24) is 9.80 Å². The quantitative estimate of drug-likeness (QED) is 0.704. The van der Waals surface area contributed by atoms with Crippen LogP contribution < -0.4 is 5.73 Å². The molecule has 2 N–H and O–H groups in total. The van der Waals surface area contributed by atoms with E-state index in [0.717, 1.165) is 32.5 Å². The zero-order chi connectivity index (χ0) is 13.8. The highest BCUT2D eigenvalue weighted by Gasteiger charge is 2.43. The van der Waals surface area contributed by atoms with Crippen molar-refractivity contribution in [2.45, 2.75) is 32.2 Å². The summed E-state index contributed by atoms with van der Waals surface area (Å²) in [6, 6.07) is 2.35. The second-order valence-corrected chi connectivity index (χ2v) is 6.36. The van der Waals surface area contributed by atoms with Gasteiger partial charge in [0.2, 0.25) is 0 Å². The van der Waals surface area contributed by atoms with Crippen molar-refractivity contribution >= 4 is 0 Å². The predicted octanol–water partition coefficient (Wildman–Crippen LogP) is 1.14. The van der Waals surface area contributed by atoms with Gasteiger partial charge < -0.3 is 10.6 Å². The fraction of sp³-hybridized carbons (Fsp3) is 0.929. The zero-order valence-electron chi connectivity index (χ0n) is 12.3. The van der Waals surface area contributed by atoms with Crippen molar-refractivity contribution in [3.8, 4) is 6.07 Å². The van der Waals surface area contributed by atoms with Crippen LogP contribution in [0.2, 0.25) is 0 Å². The van der Waals surface area contributed by atoms with Gasteiger partial charge >= 0.3 is 0 Å². The Labute approximate surface area is 112 Å². The normalized spacial score (nSPS) is 19.3. The summed E-state index contributed by atoms with van der Waals surface area (Å²) in [7, 11) is 4.16. The average molecular weight is 252 g/mol. The van der Waals surface area contributed by atoms with Crippen LogP contribution in [0.1, 0.15) is 26.7 Å². The number of nitriles is 1. The minimum atomic E-state index is -0.638. The van der Waals surface area contributed by atoms with Gasteiger partial charge in [0.05, 0.1) is 6.07 Å². The molecule has 1 aliphatic rings. The van der Waals surface area contributed by atoms with E-state index in [4.69, 9.17) is 5.73 Å². The summed E-state index contributed by atoms with van der Waals surface area (Å²) >= 11 is 0. The monoisotopic (exact) mass is 252 g/mol. The van der Waals surface area contributed by atoms with E-state index in [2.05, 4.69) is 43.8 Å². The van der Waals surface area contributed by atoms with E-state index in [0.29, 0.717) is 18.4 Å². The van der Waals surface area contributed by atoms with Gasteiger partial charge in [0.25, 0.3) is 0 Å². The van der Waals surface area contributed by atoms with Gasteiger partial charge in [-0.2, -0.15) is 5.26 Å². The molecule has 4 heteroatoms. The molecular formula is C14H28N4. The van der Waals surface area contributed by atoms with E-state index in [1.54, 1.807) is 0 Å². The van der Waals surface area contributed by atoms with Crippen LogP contribution in [0.15, 0.2) is 0 Å². The maximum absolute atomic E-state index is 9.34. The third-order valence-corrected chi connectivity index (χ3v) is 3.49. The maximum atomic E-state index is 9.34. The van der Waals surface area contributed by atoms with Crippen LogP contribution in [0.25, 0.3) is 0 Å². The third-order valence-electron chi connectivity index (χ3n) is 3.49. The van der Waals surface area contributed by atoms with Gasteiger partial charge in [0.15, 0.2) is 0 Å². The first-order valence-electron chi connectivity index (χ1n) is 6.94. The molecule has 1 unspecified atom stereocenters. The first kappa shape index (κ1) is 15.4. The molecule has 0 heterocycles. The summed E-state index contributed by atoms with van der Waals surface area (Å²) in [4.78, 5) is 4.53. The van der Waals surface area contributed by atoms with E-state index in [1.807, 2.05) is 0 Å². The highest BCUT2D eigenvalue weighted by molar-refractivity contribution is 5.14. The second kappa shape index (κ2) is 6.51. The topological polar surface area (TPSA) is 56.3 Å². The molecule has 1 aliphatic carbocycles. The molecule has 0 aromatic heterocycles. The Balaban J connectivity index is 2.56. The molecule has 18 heavy (non-hydrogen) atoms. The standard InChI is InChI=1S/C14H28N4/c1-12(2)9-18(8-7-17(3)4)11-14(16,10-15)13-5-6-13/h12-13H,5-9,11,16H2,1-4H3. The van der Waals surface area contributed by atoms with E-state index in [-0.39, 0.29) is 0 Å². The molecule has 4 nitrogen and oxygen atoms in total.